The topological polar surface area (TPSA) is 68.5 Å². The summed E-state index contributed by atoms with van der Waals surface area (Å²) < 4.78 is 10.6. The van der Waals surface area contributed by atoms with Crippen molar-refractivity contribution in [2.24, 2.45) is 0 Å². The highest BCUT2D eigenvalue weighted by Crippen LogP contribution is 2.24. The van der Waals surface area contributed by atoms with E-state index in [9.17, 15) is 9.59 Å². The lowest BCUT2D eigenvalue weighted by atomic mass is 9.95. The van der Waals surface area contributed by atoms with Crippen molar-refractivity contribution in [2.45, 2.75) is 57.9 Å². The largest absolute Gasteiger partial charge is 0.497 e. The monoisotopic (exact) mass is 343 g/mol. The zero-order valence-corrected chi connectivity index (χ0v) is 14.9. The Balaban J connectivity index is 1.72. The SMILES string of the molecule is COc1ccc2c(C)c(CCC(=O)NC3CCCCC3)c(=O)oc2c1. The van der Waals surface area contributed by atoms with Crippen molar-refractivity contribution in [2.75, 3.05) is 7.11 Å². The van der Waals surface area contributed by atoms with E-state index in [-0.39, 0.29) is 11.5 Å². The van der Waals surface area contributed by atoms with Crippen LogP contribution in [0.25, 0.3) is 11.0 Å². The molecule has 0 atom stereocenters. The van der Waals surface area contributed by atoms with Gasteiger partial charge in [0.25, 0.3) is 0 Å². The lowest BCUT2D eigenvalue weighted by Crippen LogP contribution is -2.36. The summed E-state index contributed by atoms with van der Waals surface area (Å²) in [4.78, 5) is 24.5. The van der Waals surface area contributed by atoms with Gasteiger partial charge in [0.2, 0.25) is 5.91 Å². The third-order valence-electron chi connectivity index (χ3n) is 5.07. The Morgan fingerprint density at radius 3 is 2.76 bits per heavy atom. The molecule has 5 heteroatoms. The van der Waals surface area contributed by atoms with Gasteiger partial charge in [-0.3, -0.25) is 4.79 Å². The summed E-state index contributed by atoms with van der Waals surface area (Å²) in [6.45, 7) is 1.90. The minimum atomic E-state index is -0.372. The first-order valence-electron chi connectivity index (χ1n) is 8.98. The number of aryl methyl sites for hydroxylation is 1. The molecule has 0 radical (unpaired) electrons. The maximum absolute atomic E-state index is 12.3. The molecule has 1 N–H and O–H groups in total. The van der Waals surface area contributed by atoms with Crippen LogP contribution in [0, 0.1) is 6.92 Å². The molecule has 0 saturated heterocycles. The third-order valence-corrected chi connectivity index (χ3v) is 5.07. The van der Waals surface area contributed by atoms with Crippen LogP contribution in [0.5, 0.6) is 5.75 Å². The van der Waals surface area contributed by atoms with Crippen LogP contribution < -0.4 is 15.7 Å². The highest BCUT2D eigenvalue weighted by Gasteiger charge is 2.17. The van der Waals surface area contributed by atoms with Crippen LogP contribution in [-0.2, 0) is 11.2 Å². The summed E-state index contributed by atoms with van der Waals surface area (Å²) in [5, 5.41) is 3.97. The van der Waals surface area contributed by atoms with Gasteiger partial charge < -0.3 is 14.5 Å². The molecule has 1 aromatic carbocycles. The Hall–Kier alpha value is -2.30. The van der Waals surface area contributed by atoms with Gasteiger partial charge >= 0.3 is 5.63 Å². The van der Waals surface area contributed by atoms with Gasteiger partial charge in [-0.05, 0) is 43.9 Å². The lowest BCUT2D eigenvalue weighted by Gasteiger charge is -2.22. The number of carbonyl (C=O) groups excluding carboxylic acids is 1. The molecule has 1 aliphatic rings. The predicted molar refractivity (Wildman–Crippen MR) is 97.1 cm³/mol. The quantitative estimate of drug-likeness (QED) is 0.844. The van der Waals surface area contributed by atoms with Gasteiger partial charge in [0, 0.05) is 29.5 Å². The summed E-state index contributed by atoms with van der Waals surface area (Å²) in [5.74, 6) is 0.662. The van der Waals surface area contributed by atoms with Crippen molar-refractivity contribution in [1.82, 2.24) is 5.32 Å². The number of hydrogen-bond donors (Lipinski definition) is 1. The lowest BCUT2D eigenvalue weighted by molar-refractivity contribution is -0.121. The third kappa shape index (κ3) is 4.03. The fourth-order valence-corrected chi connectivity index (χ4v) is 3.58. The fourth-order valence-electron chi connectivity index (χ4n) is 3.58. The molecule has 1 fully saturated rings. The van der Waals surface area contributed by atoms with Crippen LogP contribution >= 0.6 is 0 Å². The minimum Gasteiger partial charge on any atom is -0.497 e. The first kappa shape index (κ1) is 17.5. The Kier molecular flexibility index (Phi) is 5.41. The Morgan fingerprint density at radius 2 is 2.04 bits per heavy atom. The van der Waals surface area contributed by atoms with E-state index in [1.807, 2.05) is 19.1 Å². The summed E-state index contributed by atoms with van der Waals surface area (Å²) in [5.41, 5.74) is 1.59. The standard InChI is InChI=1S/C20H25NO4/c1-13-16-9-8-15(24-2)12-18(16)25-20(23)17(13)10-11-19(22)21-14-6-4-3-5-7-14/h8-9,12,14H,3-7,10-11H2,1-2H3,(H,21,22). The molecule has 0 unspecified atom stereocenters. The van der Waals surface area contributed by atoms with E-state index in [0.717, 1.165) is 23.8 Å². The second-order valence-electron chi connectivity index (χ2n) is 6.76. The first-order valence-corrected chi connectivity index (χ1v) is 8.98. The number of benzene rings is 1. The number of ether oxygens (including phenoxy) is 1. The van der Waals surface area contributed by atoms with Crippen molar-refractivity contribution < 1.29 is 13.9 Å². The molecule has 0 bridgehead atoms. The summed E-state index contributed by atoms with van der Waals surface area (Å²) in [7, 11) is 1.57. The fraction of sp³-hybridized carbons (Fsp3) is 0.500. The number of fused-ring (bicyclic) bond motifs is 1. The number of hydrogen-bond acceptors (Lipinski definition) is 4. The number of methoxy groups -OCH3 is 1. The van der Waals surface area contributed by atoms with E-state index in [1.165, 1.54) is 19.3 Å². The number of nitrogens with one attached hydrogen (secondary N) is 1. The minimum absolute atomic E-state index is 0.0144. The molecular weight excluding hydrogens is 318 g/mol. The van der Waals surface area contributed by atoms with E-state index in [2.05, 4.69) is 5.32 Å². The molecule has 2 aromatic rings. The van der Waals surface area contributed by atoms with Crippen molar-refractivity contribution >= 4 is 16.9 Å². The number of rotatable bonds is 5. The highest BCUT2D eigenvalue weighted by atomic mass is 16.5. The van der Waals surface area contributed by atoms with Crippen molar-refractivity contribution in [1.29, 1.82) is 0 Å². The van der Waals surface area contributed by atoms with Crippen molar-refractivity contribution in [3.63, 3.8) is 0 Å². The Morgan fingerprint density at radius 1 is 1.28 bits per heavy atom. The van der Waals surface area contributed by atoms with Crippen LogP contribution in [0.15, 0.2) is 27.4 Å². The summed E-state index contributed by atoms with van der Waals surface area (Å²) in [6.07, 6.45) is 6.45. The summed E-state index contributed by atoms with van der Waals surface area (Å²) >= 11 is 0. The second-order valence-corrected chi connectivity index (χ2v) is 6.76. The molecule has 25 heavy (non-hydrogen) atoms. The zero-order chi connectivity index (χ0) is 17.8. The smallest absolute Gasteiger partial charge is 0.339 e. The molecule has 1 amide bonds. The molecule has 5 nitrogen and oxygen atoms in total. The molecule has 3 rings (SSSR count). The molecule has 1 aliphatic carbocycles. The van der Waals surface area contributed by atoms with Crippen LogP contribution in [0.3, 0.4) is 0 Å². The van der Waals surface area contributed by atoms with E-state index in [4.69, 9.17) is 9.15 Å². The Labute approximate surface area is 147 Å². The molecule has 0 aliphatic heterocycles. The van der Waals surface area contributed by atoms with Gasteiger partial charge in [-0.15, -0.1) is 0 Å². The average molecular weight is 343 g/mol. The maximum atomic E-state index is 12.3. The van der Waals surface area contributed by atoms with Crippen molar-refractivity contribution in [3.05, 3.63) is 39.7 Å². The van der Waals surface area contributed by atoms with Crippen molar-refractivity contribution in [3.8, 4) is 5.75 Å². The molecular formula is C20H25NO4. The second kappa shape index (κ2) is 7.72. The molecule has 1 heterocycles. The summed E-state index contributed by atoms with van der Waals surface area (Å²) in [6, 6.07) is 5.73. The maximum Gasteiger partial charge on any atom is 0.339 e. The van der Waals surface area contributed by atoms with Gasteiger partial charge in [0.1, 0.15) is 11.3 Å². The van der Waals surface area contributed by atoms with Gasteiger partial charge in [-0.2, -0.15) is 0 Å². The molecule has 1 saturated carbocycles. The molecule has 1 aromatic heterocycles. The number of carbonyl (C=O) groups is 1. The number of amides is 1. The van der Waals surface area contributed by atoms with E-state index >= 15 is 0 Å². The van der Waals surface area contributed by atoms with E-state index < -0.39 is 0 Å². The molecule has 0 spiro atoms. The van der Waals surface area contributed by atoms with Gasteiger partial charge in [0.15, 0.2) is 0 Å². The van der Waals surface area contributed by atoms with E-state index in [0.29, 0.717) is 35.8 Å². The van der Waals surface area contributed by atoms with Crippen LogP contribution in [-0.4, -0.2) is 19.1 Å². The van der Waals surface area contributed by atoms with Gasteiger partial charge in [-0.25, -0.2) is 4.79 Å². The predicted octanol–water partition coefficient (Wildman–Crippen LogP) is 3.49. The Bertz CT molecular complexity index is 818. The normalized spacial score (nSPS) is 15.3. The van der Waals surface area contributed by atoms with Gasteiger partial charge in [0.05, 0.1) is 7.11 Å². The first-order chi connectivity index (χ1) is 12.1. The van der Waals surface area contributed by atoms with Gasteiger partial charge in [-0.1, -0.05) is 19.3 Å². The molecule has 134 valence electrons. The van der Waals surface area contributed by atoms with E-state index in [1.54, 1.807) is 13.2 Å². The zero-order valence-electron chi connectivity index (χ0n) is 14.9. The van der Waals surface area contributed by atoms with Crippen LogP contribution in [0.4, 0.5) is 0 Å². The van der Waals surface area contributed by atoms with Crippen LogP contribution in [0.2, 0.25) is 0 Å². The highest BCUT2D eigenvalue weighted by molar-refractivity contribution is 5.82. The van der Waals surface area contributed by atoms with Crippen LogP contribution in [0.1, 0.15) is 49.7 Å². The average Bonchev–Trinajstić information content (AvgIpc) is 2.61.